The third-order valence-electron chi connectivity index (χ3n) is 6.23. The van der Waals surface area contributed by atoms with Gasteiger partial charge in [0.25, 0.3) is 11.7 Å². The first-order valence-corrected chi connectivity index (χ1v) is 12.3. The monoisotopic (exact) mass is 533 g/mol. The zero-order chi connectivity index (χ0) is 24.4. The zero-order valence-corrected chi connectivity index (χ0v) is 20.5. The van der Waals surface area contributed by atoms with E-state index in [1.807, 2.05) is 48.5 Å². The molecule has 178 valence electrons. The van der Waals surface area contributed by atoms with Crippen LogP contribution in [0.1, 0.15) is 30.0 Å². The molecule has 7 heteroatoms. The summed E-state index contributed by atoms with van der Waals surface area (Å²) >= 11 is 3.39. The Kier molecular flexibility index (Phi) is 6.70. The average Bonchev–Trinajstić information content (AvgIpc) is 3.47. The summed E-state index contributed by atoms with van der Waals surface area (Å²) < 4.78 is 12.6. The number of amides is 1. The molecule has 2 fully saturated rings. The smallest absolute Gasteiger partial charge is 0.295 e. The van der Waals surface area contributed by atoms with Crippen molar-refractivity contribution in [1.29, 1.82) is 0 Å². The number of aliphatic hydroxyl groups excluding tert-OH is 1. The number of para-hydroxylation sites is 1. The van der Waals surface area contributed by atoms with Crippen LogP contribution >= 0.6 is 15.9 Å². The second-order valence-corrected chi connectivity index (χ2v) is 9.50. The van der Waals surface area contributed by atoms with E-state index >= 15 is 0 Å². The highest BCUT2D eigenvalue weighted by Gasteiger charge is 2.47. The molecule has 0 aromatic heterocycles. The molecule has 0 bridgehead atoms. The Morgan fingerprint density at radius 2 is 1.74 bits per heavy atom. The molecule has 2 heterocycles. The van der Waals surface area contributed by atoms with Gasteiger partial charge in [-0.05, 0) is 54.8 Å². The lowest BCUT2D eigenvalue weighted by molar-refractivity contribution is -0.140. The number of likely N-dealkylation sites (tertiary alicyclic amines) is 1. The van der Waals surface area contributed by atoms with Gasteiger partial charge in [-0.3, -0.25) is 9.59 Å². The van der Waals surface area contributed by atoms with Crippen molar-refractivity contribution in [2.75, 3.05) is 13.2 Å². The normalized spacial score (nSPS) is 21.5. The summed E-state index contributed by atoms with van der Waals surface area (Å²) in [5, 5.41) is 11.2. The molecule has 0 radical (unpaired) electrons. The summed E-state index contributed by atoms with van der Waals surface area (Å²) in [6.07, 6.45) is 1.59. The first-order valence-electron chi connectivity index (χ1n) is 11.5. The van der Waals surface area contributed by atoms with E-state index in [1.54, 1.807) is 30.3 Å². The molecule has 1 amide bonds. The zero-order valence-electron chi connectivity index (χ0n) is 18.9. The number of ether oxygens (including phenoxy) is 2. The lowest BCUT2D eigenvalue weighted by Gasteiger charge is -2.27. The molecule has 2 unspecified atom stereocenters. The van der Waals surface area contributed by atoms with Gasteiger partial charge in [0.05, 0.1) is 17.7 Å². The molecule has 35 heavy (non-hydrogen) atoms. The van der Waals surface area contributed by atoms with Crippen molar-refractivity contribution in [3.63, 3.8) is 0 Å². The number of ketones is 1. The van der Waals surface area contributed by atoms with Gasteiger partial charge < -0.3 is 19.5 Å². The molecule has 6 nitrogen and oxygen atoms in total. The molecule has 5 rings (SSSR count). The minimum Gasteiger partial charge on any atom is -0.507 e. The topological polar surface area (TPSA) is 76.1 Å². The lowest BCUT2D eigenvalue weighted by Crippen LogP contribution is -2.36. The summed E-state index contributed by atoms with van der Waals surface area (Å²) in [4.78, 5) is 27.9. The quantitative estimate of drug-likeness (QED) is 0.244. The van der Waals surface area contributed by atoms with Gasteiger partial charge in [-0.2, -0.15) is 0 Å². The maximum absolute atomic E-state index is 13.2. The Morgan fingerprint density at radius 1 is 1.00 bits per heavy atom. The van der Waals surface area contributed by atoms with Gasteiger partial charge in [0.15, 0.2) is 0 Å². The predicted molar refractivity (Wildman–Crippen MR) is 135 cm³/mol. The van der Waals surface area contributed by atoms with Gasteiger partial charge in [0, 0.05) is 23.2 Å². The number of benzene rings is 3. The minimum atomic E-state index is -0.762. The van der Waals surface area contributed by atoms with Crippen molar-refractivity contribution in [2.24, 2.45) is 0 Å². The van der Waals surface area contributed by atoms with Crippen LogP contribution in [0.15, 0.2) is 88.9 Å². The largest absolute Gasteiger partial charge is 0.507 e. The van der Waals surface area contributed by atoms with Gasteiger partial charge in [0.2, 0.25) is 0 Å². The number of carbonyl (C=O) groups is 2. The molecule has 0 aliphatic carbocycles. The van der Waals surface area contributed by atoms with Crippen molar-refractivity contribution in [1.82, 2.24) is 4.90 Å². The van der Waals surface area contributed by atoms with E-state index in [0.717, 1.165) is 17.3 Å². The third-order valence-corrected chi connectivity index (χ3v) is 6.76. The maximum Gasteiger partial charge on any atom is 0.295 e. The van der Waals surface area contributed by atoms with Gasteiger partial charge >= 0.3 is 0 Å². The van der Waals surface area contributed by atoms with E-state index in [4.69, 9.17) is 9.47 Å². The van der Waals surface area contributed by atoms with Crippen LogP contribution in [0.4, 0.5) is 0 Å². The van der Waals surface area contributed by atoms with E-state index in [-0.39, 0.29) is 24.0 Å². The Hall–Kier alpha value is -3.42. The fraction of sp³-hybridized carbons (Fsp3) is 0.214. The van der Waals surface area contributed by atoms with Crippen LogP contribution in [0.5, 0.6) is 11.5 Å². The second kappa shape index (κ2) is 10.1. The van der Waals surface area contributed by atoms with Crippen molar-refractivity contribution in [3.8, 4) is 11.5 Å². The fourth-order valence-corrected chi connectivity index (χ4v) is 4.82. The highest BCUT2D eigenvalue weighted by molar-refractivity contribution is 9.10. The molecule has 1 N–H and O–H groups in total. The van der Waals surface area contributed by atoms with Crippen molar-refractivity contribution < 1.29 is 24.2 Å². The minimum absolute atomic E-state index is 0.0622. The first kappa shape index (κ1) is 23.3. The highest BCUT2D eigenvalue weighted by Crippen LogP contribution is 2.41. The molecule has 2 aliphatic heterocycles. The lowest BCUT2D eigenvalue weighted by atomic mass is 9.95. The number of nitrogens with zero attached hydrogens (tertiary/aromatic N) is 1. The van der Waals surface area contributed by atoms with Crippen LogP contribution in [0, 0.1) is 0 Å². The molecule has 2 aliphatic rings. The van der Waals surface area contributed by atoms with Crippen LogP contribution in [-0.2, 0) is 14.3 Å². The standard InChI is InChI=1S/C28H24BrNO5/c29-20-13-11-18(12-14-20)26(31)24-25(30(28(33)27(24)32)17-23-10-5-15-34-23)19-6-4-9-22(16-19)35-21-7-2-1-3-8-21/h1-4,6-9,11-14,16,23,25,31H,5,10,15,17H2/b26-24+. The van der Waals surface area contributed by atoms with Crippen LogP contribution in [-0.4, -0.2) is 41.0 Å². The number of hydrogen-bond acceptors (Lipinski definition) is 5. The summed E-state index contributed by atoms with van der Waals surface area (Å²) in [6, 6.07) is 22.9. The summed E-state index contributed by atoms with van der Waals surface area (Å²) in [7, 11) is 0. The van der Waals surface area contributed by atoms with Crippen LogP contribution < -0.4 is 4.74 Å². The number of Topliss-reactive ketones (excluding diaryl/α,β-unsaturated/α-hetero) is 1. The number of aliphatic hydroxyl groups is 1. The third kappa shape index (κ3) is 4.88. The molecule has 0 spiro atoms. The summed E-state index contributed by atoms with van der Waals surface area (Å²) in [5.41, 5.74) is 1.20. The van der Waals surface area contributed by atoms with E-state index in [0.29, 0.717) is 29.2 Å². The van der Waals surface area contributed by atoms with Crippen molar-refractivity contribution in [2.45, 2.75) is 25.0 Å². The Labute approximate surface area is 211 Å². The number of carbonyl (C=O) groups excluding carboxylic acids is 2. The van der Waals surface area contributed by atoms with Crippen LogP contribution in [0.2, 0.25) is 0 Å². The molecule has 3 aromatic rings. The number of hydrogen-bond donors (Lipinski definition) is 1. The SMILES string of the molecule is O=C1C(=O)N(CC2CCCO2)C(c2cccc(Oc3ccccc3)c2)/C1=C(\O)c1ccc(Br)cc1. The number of halogens is 1. The molecule has 2 atom stereocenters. The Bertz CT molecular complexity index is 1270. The van der Waals surface area contributed by atoms with E-state index in [9.17, 15) is 14.7 Å². The van der Waals surface area contributed by atoms with Crippen LogP contribution in [0.25, 0.3) is 5.76 Å². The van der Waals surface area contributed by atoms with Gasteiger partial charge in [-0.1, -0.05) is 58.4 Å². The molecular weight excluding hydrogens is 510 g/mol. The molecule has 2 saturated heterocycles. The van der Waals surface area contributed by atoms with Crippen molar-refractivity contribution >= 4 is 33.4 Å². The fourth-order valence-electron chi connectivity index (χ4n) is 4.56. The van der Waals surface area contributed by atoms with Gasteiger partial charge in [0.1, 0.15) is 17.3 Å². The van der Waals surface area contributed by atoms with Crippen LogP contribution in [0.3, 0.4) is 0 Å². The van der Waals surface area contributed by atoms with E-state index in [1.165, 1.54) is 4.90 Å². The Balaban J connectivity index is 1.58. The maximum atomic E-state index is 13.2. The highest BCUT2D eigenvalue weighted by atomic mass is 79.9. The first-order chi connectivity index (χ1) is 17.0. The van der Waals surface area contributed by atoms with Crippen molar-refractivity contribution in [3.05, 3.63) is 100 Å². The Morgan fingerprint density at radius 3 is 2.46 bits per heavy atom. The van der Waals surface area contributed by atoms with Gasteiger partial charge in [-0.15, -0.1) is 0 Å². The summed E-state index contributed by atoms with van der Waals surface area (Å²) in [6.45, 7) is 0.911. The number of rotatable bonds is 6. The predicted octanol–water partition coefficient (Wildman–Crippen LogP) is 5.84. The summed E-state index contributed by atoms with van der Waals surface area (Å²) in [5.74, 6) is -0.306. The molecule has 0 saturated carbocycles. The van der Waals surface area contributed by atoms with Gasteiger partial charge in [-0.25, -0.2) is 0 Å². The van der Waals surface area contributed by atoms with E-state index < -0.39 is 17.7 Å². The molecular formula is C28H24BrNO5. The second-order valence-electron chi connectivity index (χ2n) is 8.58. The molecule has 3 aromatic carbocycles. The average molecular weight is 534 g/mol. The van der Waals surface area contributed by atoms with E-state index in [2.05, 4.69) is 15.9 Å².